The van der Waals surface area contributed by atoms with E-state index in [1.165, 1.54) is 7.11 Å². The van der Waals surface area contributed by atoms with Crippen LogP contribution in [0, 0.1) is 6.92 Å². The molecule has 0 unspecified atom stereocenters. The van der Waals surface area contributed by atoms with Gasteiger partial charge in [0.05, 0.1) is 7.11 Å². The van der Waals surface area contributed by atoms with E-state index in [4.69, 9.17) is 23.2 Å². The number of aryl methyl sites for hydroxylation is 1. The third-order valence-electron chi connectivity index (χ3n) is 2.57. The molecular weight excluding hydrogens is 261 g/mol. The van der Waals surface area contributed by atoms with E-state index >= 15 is 0 Å². The van der Waals surface area contributed by atoms with Gasteiger partial charge >= 0.3 is 5.97 Å². The number of hydrogen-bond acceptors (Lipinski definition) is 3. The maximum atomic E-state index is 11.4. The first-order valence-corrected chi connectivity index (χ1v) is 5.64. The van der Waals surface area contributed by atoms with E-state index in [1.54, 1.807) is 18.2 Å². The van der Waals surface area contributed by atoms with Crippen LogP contribution in [0.2, 0.25) is 10.2 Å². The number of rotatable bonds is 1. The Kier molecular flexibility index (Phi) is 3.22. The van der Waals surface area contributed by atoms with Crippen molar-refractivity contribution in [2.45, 2.75) is 6.92 Å². The number of esters is 1. The second-order valence-corrected chi connectivity index (χ2v) is 4.32. The lowest BCUT2D eigenvalue weighted by atomic mass is 10.1. The van der Waals surface area contributed by atoms with E-state index in [0.717, 1.165) is 16.3 Å². The number of carbonyl (C=O) groups is 1. The van der Waals surface area contributed by atoms with Gasteiger partial charge in [-0.15, -0.1) is 0 Å². The molecule has 0 bridgehead atoms. The van der Waals surface area contributed by atoms with E-state index in [1.807, 2.05) is 6.92 Å². The summed E-state index contributed by atoms with van der Waals surface area (Å²) >= 11 is 12.1. The van der Waals surface area contributed by atoms with Gasteiger partial charge in [-0.05, 0) is 36.1 Å². The van der Waals surface area contributed by atoms with Gasteiger partial charge in [0.25, 0.3) is 0 Å². The molecule has 2 rings (SSSR count). The topological polar surface area (TPSA) is 39.2 Å². The molecule has 88 valence electrons. The summed E-state index contributed by atoms with van der Waals surface area (Å²) in [7, 11) is 1.30. The number of nitrogens with zero attached hydrogens (tertiary/aromatic N) is 1. The molecule has 0 fully saturated rings. The molecular formula is C12H9Cl2NO2. The highest BCUT2D eigenvalue weighted by Gasteiger charge is 2.13. The molecule has 0 saturated heterocycles. The first-order chi connectivity index (χ1) is 8.04. The fourth-order valence-corrected chi connectivity index (χ4v) is 2.03. The second kappa shape index (κ2) is 4.51. The van der Waals surface area contributed by atoms with Crippen LogP contribution in [0.4, 0.5) is 0 Å². The molecule has 0 aliphatic carbocycles. The fourth-order valence-electron chi connectivity index (χ4n) is 1.61. The van der Waals surface area contributed by atoms with Crippen LogP contribution in [0.25, 0.3) is 10.8 Å². The Labute approximate surface area is 108 Å². The summed E-state index contributed by atoms with van der Waals surface area (Å²) in [6, 6.07) is 5.17. The van der Waals surface area contributed by atoms with Crippen LogP contribution >= 0.6 is 23.2 Å². The van der Waals surface area contributed by atoms with Crippen molar-refractivity contribution in [1.29, 1.82) is 0 Å². The highest BCUT2D eigenvalue weighted by molar-refractivity contribution is 6.36. The van der Waals surface area contributed by atoms with E-state index in [0.29, 0.717) is 5.02 Å². The van der Waals surface area contributed by atoms with Crippen LogP contribution in [-0.4, -0.2) is 18.1 Å². The Bertz CT molecular complexity index is 611. The number of aromatic nitrogens is 1. The lowest BCUT2D eigenvalue weighted by Gasteiger charge is -2.07. The third-order valence-corrected chi connectivity index (χ3v) is 3.26. The summed E-state index contributed by atoms with van der Waals surface area (Å²) < 4.78 is 4.62. The molecule has 1 heterocycles. The maximum Gasteiger partial charge on any atom is 0.356 e. The van der Waals surface area contributed by atoms with Gasteiger partial charge in [0.2, 0.25) is 0 Å². The van der Waals surface area contributed by atoms with Crippen LogP contribution < -0.4 is 0 Å². The second-order valence-electron chi connectivity index (χ2n) is 3.56. The molecule has 0 atom stereocenters. The van der Waals surface area contributed by atoms with E-state index in [2.05, 4.69) is 9.72 Å². The van der Waals surface area contributed by atoms with E-state index in [9.17, 15) is 4.79 Å². The number of fused-ring (bicyclic) bond motifs is 1. The molecule has 1 aromatic carbocycles. The standard InChI is InChI=1S/C12H9Cl2NO2/c1-6-8-5-10(12(16)17-2)15-11(14)7(8)3-4-9(6)13/h3-5H,1-2H3. The van der Waals surface area contributed by atoms with Crippen LogP contribution in [0.5, 0.6) is 0 Å². The minimum atomic E-state index is -0.520. The first-order valence-electron chi connectivity index (χ1n) is 4.88. The maximum absolute atomic E-state index is 11.4. The highest BCUT2D eigenvalue weighted by Crippen LogP contribution is 2.29. The molecule has 0 radical (unpaired) electrons. The molecule has 0 saturated carbocycles. The first kappa shape index (κ1) is 12.1. The molecule has 3 nitrogen and oxygen atoms in total. The van der Waals surface area contributed by atoms with Crippen LogP contribution in [0.3, 0.4) is 0 Å². The lowest BCUT2D eigenvalue weighted by Crippen LogP contribution is -2.04. The zero-order valence-corrected chi connectivity index (χ0v) is 10.8. The minimum Gasteiger partial charge on any atom is -0.464 e. The van der Waals surface area contributed by atoms with Crippen molar-refractivity contribution in [3.63, 3.8) is 0 Å². The summed E-state index contributed by atoms with van der Waals surface area (Å²) in [6.45, 7) is 1.86. The predicted molar refractivity (Wildman–Crippen MR) is 67.8 cm³/mol. The van der Waals surface area contributed by atoms with Gasteiger partial charge in [-0.2, -0.15) is 0 Å². The van der Waals surface area contributed by atoms with Crippen molar-refractivity contribution in [3.05, 3.63) is 39.6 Å². The molecule has 17 heavy (non-hydrogen) atoms. The molecule has 0 N–H and O–H groups in total. The minimum absolute atomic E-state index is 0.176. The number of ether oxygens (including phenoxy) is 1. The fraction of sp³-hybridized carbons (Fsp3) is 0.167. The van der Waals surface area contributed by atoms with Crippen LogP contribution in [0.1, 0.15) is 16.1 Å². The van der Waals surface area contributed by atoms with Gasteiger partial charge in [0.1, 0.15) is 5.15 Å². The summed E-state index contributed by atoms with van der Waals surface area (Å²) in [6.07, 6.45) is 0. The average Bonchev–Trinajstić information content (AvgIpc) is 2.33. The SMILES string of the molecule is COC(=O)c1cc2c(C)c(Cl)ccc2c(Cl)n1. The van der Waals surface area contributed by atoms with Gasteiger partial charge in [0.15, 0.2) is 5.69 Å². The van der Waals surface area contributed by atoms with Gasteiger partial charge < -0.3 is 4.74 Å². The number of methoxy groups -OCH3 is 1. The smallest absolute Gasteiger partial charge is 0.356 e. The Morgan fingerprint density at radius 3 is 2.65 bits per heavy atom. The van der Waals surface area contributed by atoms with Crippen molar-refractivity contribution in [2.75, 3.05) is 7.11 Å². The van der Waals surface area contributed by atoms with Crippen molar-refractivity contribution in [2.24, 2.45) is 0 Å². The predicted octanol–water partition coefficient (Wildman–Crippen LogP) is 3.64. The summed E-state index contributed by atoms with van der Waals surface area (Å²) in [4.78, 5) is 15.4. The zero-order valence-electron chi connectivity index (χ0n) is 9.25. The van der Waals surface area contributed by atoms with Crippen molar-refractivity contribution < 1.29 is 9.53 Å². The molecule has 2 aromatic rings. The van der Waals surface area contributed by atoms with Crippen LogP contribution in [0.15, 0.2) is 18.2 Å². The van der Waals surface area contributed by atoms with Crippen molar-refractivity contribution in [1.82, 2.24) is 4.98 Å². The van der Waals surface area contributed by atoms with Gasteiger partial charge in [-0.1, -0.05) is 23.2 Å². The zero-order chi connectivity index (χ0) is 12.6. The number of benzene rings is 1. The summed E-state index contributed by atoms with van der Waals surface area (Å²) in [5.41, 5.74) is 1.04. The van der Waals surface area contributed by atoms with Crippen molar-refractivity contribution >= 4 is 39.9 Å². The molecule has 0 spiro atoms. The van der Waals surface area contributed by atoms with E-state index in [-0.39, 0.29) is 10.8 Å². The van der Waals surface area contributed by atoms with Gasteiger partial charge in [-0.25, -0.2) is 9.78 Å². The highest BCUT2D eigenvalue weighted by atomic mass is 35.5. The summed E-state index contributed by atoms with van der Waals surface area (Å²) in [5.74, 6) is -0.520. The molecule has 0 aliphatic heterocycles. The normalized spacial score (nSPS) is 10.6. The lowest BCUT2D eigenvalue weighted by molar-refractivity contribution is 0.0594. The Morgan fingerprint density at radius 2 is 2.00 bits per heavy atom. The Morgan fingerprint density at radius 1 is 1.29 bits per heavy atom. The van der Waals surface area contributed by atoms with Gasteiger partial charge in [0, 0.05) is 10.4 Å². The quantitative estimate of drug-likeness (QED) is 0.586. The number of carbonyl (C=O) groups excluding carboxylic acids is 1. The van der Waals surface area contributed by atoms with E-state index < -0.39 is 5.97 Å². The molecule has 0 aliphatic rings. The van der Waals surface area contributed by atoms with Crippen molar-refractivity contribution in [3.8, 4) is 0 Å². The number of halogens is 2. The number of hydrogen-bond donors (Lipinski definition) is 0. The Hall–Kier alpha value is -1.32. The van der Waals surface area contributed by atoms with Crippen LogP contribution in [-0.2, 0) is 4.74 Å². The summed E-state index contributed by atoms with van der Waals surface area (Å²) in [5, 5.41) is 2.46. The molecule has 0 amide bonds. The Balaban J connectivity index is 2.79. The monoisotopic (exact) mass is 269 g/mol. The molecule has 1 aromatic heterocycles. The average molecular weight is 270 g/mol. The third kappa shape index (κ3) is 2.08. The van der Waals surface area contributed by atoms with Gasteiger partial charge in [-0.3, -0.25) is 0 Å². The number of pyridine rings is 1. The molecule has 5 heteroatoms. The largest absolute Gasteiger partial charge is 0.464 e.